The number of aromatic amines is 1. The molecule has 2 N–H and O–H groups in total. The van der Waals surface area contributed by atoms with Gasteiger partial charge in [-0.3, -0.25) is 9.59 Å². The van der Waals surface area contributed by atoms with Crippen LogP contribution in [0.4, 0.5) is 5.82 Å². The average Bonchev–Trinajstić information content (AvgIpc) is 3.01. The molecule has 0 aliphatic rings. The highest BCUT2D eigenvalue weighted by Crippen LogP contribution is 2.27. The summed E-state index contributed by atoms with van der Waals surface area (Å²) in [5.41, 5.74) is 0.779. The number of anilines is 1. The minimum Gasteiger partial charge on any atom is -0.360 e. The predicted octanol–water partition coefficient (Wildman–Crippen LogP) is 2.63. The monoisotopic (exact) mass is 350 g/mol. The average molecular weight is 350 g/mol. The molecule has 0 aliphatic carbocycles. The maximum Gasteiger partial charge on any atom is 0.260 e. The van der Waals surface area contributed by atoms with Crippen LogP contribution in [-0.2, 0) is 4.79 Å². The highest BCUT2D eigenvalue weighted by molar-refractivity contribution is 7.99. The summed E-state index contributed by atoms with van der Waals surface area (Å²) < 4.78 is 4.88. The molecule has 0 saturated heterocycles. The largest absolute Gasteiger partial charge is 0.360 e. The number of hydrogen-bond donors (Lipinski definition) is 2. The van der Waals surface area contributed by atoms with Gasteiger partial charge in [0.15, 0.2) is 11.0 Å². The van der Waals surface area contributed by atoms with Crippen molar-refractivity contribution >= 4 is 45.0 Å². The van der Waals surface area contributed by atoms with E-state index in [-0.39, 0.29) is 17.2 Å². The third-order valence-electron chi connectivity index (χ3n) is 3.25. The van der Waals surface area contributed by atoms with Crippen LogP contribution < -0.4 is 10.9 Å². The molecule has 7 nitrogen and oxygen atoms in total. The fourth-order valence-corrected chi connectivity index (χ4v) is 3.79. The Morgan fingerprint density at radius 1 is 1.43 bits per heavy atom. The van der Waals surface area contributed by atoms with Gasteiger partial charge in [0, 0.05) is 10.9 Å². The smallest absolute Gasteiger partial charge is 0.260 e. The van der Waals surface area contributed by atoms with E-state index in [0.717, 1.165) is 10.4 Å². The lowest BCUT2D eigenvalue weighted by atomic mass is 10.2. The molecule has 23 heavy (non-hydrogen) atoms. The summed E-state index contributed by atoms with van der Waals surface area (Å²) in [6.07, 6.45) is 0. The lowest BCUT2D eigenvalue weighted by Crippen LogP contribution is -2.15. The molecule has 0 aromatic carbocycles. The molecule has 3 heterocycles. The highest BCUT2D eigenvalue weighted by Gasteiger charge is 2.13. The van der Waals surface area contributed by atoms with E-state index >= 15 is 0 Å². The number of nitrogens with zero attached hydrogens (tertiary/aromatic N) is 2. The lowest BCUT2D eigenvalue weighted by molar-refractivity contribution is -0.113. The van der Waals surface area contributed by atoms with Crippen LogP contribution in [0.15, 0.2) is 20.5 Å². The Hall–Kier alpha value is -2.13. The van der Waals surface area contributed by atoms with Crippen LogP contribution in [0.25, 0.3) is 10.2 Å². The second kappa shape index (κ2) is 6.17. The van der Waals surface area contributed by atoms with Gasteiger partial charge in [0.05, 0.1) is 11.1 Å². The van der Waals surface area contributed by atoms with E-state index < -0.39 is 0 Å². The van der Waals surface area contributed by atoms with Gasteiger partial charge in [0.25, 0.3) is 5.56 Å². The maximum absolute atomic E-state index is 12.1. The molecule has 0 aliphatic heterocycles. The Bertz CT molecular complexity index is 941. The number of nitrogens with one attached hydrogen (secondary N) is 2. The number of carbonyl (C=O) groups excluding carboxylic acids is 1. The number of aryl methyl sites for hydroxylation is 3. The number of rotatable bonds is 4. The van der Waals surface area contributed by atoms with E-state index in [2.05, 4.69) is 20.4 Å². The summed E-state index contributed by atoms with van der Waals surface area (Å²) in [7, 11) is 0. The summed E-state index contributed by atoms with van der Waals surface area (Å²) in [6.45, 7) is 5.61. The van der Waals surface area contributed by atoms with Gasteiger partial charge in [-0.1, -0.05) is 16.9 Å². The Labute approximate surface area is 139 Å². The Balaban J connectivity index is 1.72. The number of fused-ring (bicyclic) bond motifs is 1. The standard InChI is InChI=1S/C14H14N4O3S2/c1-6-4-9(18-21-6)15-10(19)5-22-14-16-12(20)11-7(2)8(3)23-13(11)17-14/h4H,5H2,1-3H3,(H,15,18,19)(H,16,17,20). The fraction of sp³-hybridized carbons (Fsp3) is 0.286. The molecule has 9 heteroatoms. The molecule has 3 rings (SSSR count). The quantitative estimate of drug-likeness (QED) is 0.554. The summed E-state index contributed by atoms with van der Waals surface area (Å²) in [5, 5.41) is 7.36. The van der Waals surface area contributed by atoms with Gasteiger partial charge in [0.1, 0.15) is 10.6 Å². The molecular weight excluding hydrogens is 336 g/mol. The van der Waals surface area contributed by atoms with Gasteiger partial charge in [-0.05, 0) is 26.3 Å². The number of thiophene rings is 1. The van der Waals surface area contributed by atoms with Crippen LogP contribution in [0.2, 0.25) is 0 Å². The summed E-state index contributed by atoms with van der Waals surface area (Å²) in [6, 6.07) is 1.63. The molecule has 0 spiro atoms. The molecule has 0 saturated carbocycles. The molecule has 0 atom stereocenters. The Morgan fingerprint density at radius 3 is 2.91 bits per heavy atom. The maximum atomic E-state index is 12.1. The van der Waals surface area contributed by atoms with Crippen LogP contribution in [0, 0.1) is 20.8 Å². The Morgan fingerprint density at radius 2 is 2.22 bits per heavy atom. The minimum atomic E-state index is -0.246. The second-order valence-corrected chi connectivity index (χ2v) is 7.16. The molecule has 0 unspecified atom stereocenters. The van der Waals surface area contributed by atoms with Crippen molar-refractivity contribution in [2.24, 2.45) is 0 Å². The molecule has 0 fully saturated rings. The van der Waals surface area contributed by atoms with Gasteiger partial charge in [-0.25, -0.2) is 4.98 Å². The predicted molar refractivity (Wildman–Crippen MR) is 90.3 cm³/mol. The second-order valence-electron chi connectivity index (χ2n) is 4.99. The SMILES string of the molecule is Cc1cc(NC(=O)CSc2nc3sc(C)c(C)c3c(=O)[nH]2)no1. The van der Waals surface area contributed by atoms with Crippen molar-refractivity contribution in [3.63, 3.8) is 0 Å². The zero-order chi connectivity index (χ0) is 16.6. The first-order valence-corrected chi connectivity index (χ1v) is 8.60. The molecule has 0 radical (unpaired) electrons. The molecule has 3 aromatic heterocycles. The number of aromatic nitrogens is 3. The van der Waals surface area contributed by atoms with Crippen LogP contribution >= 0.6 is 23.1 Å². The van der Waals surface area contributed by atoms with Gasteiger partial charge >= 0.3 is 0 Å². The minimum absolute atomic E-state index is 0.115. The first-order chi connectivity index (χ1) is 10.9. The molecule has 0 bridgehead atoms. The topological polar surface area (TPSA) is 101 Å². The summed E-state index contributed by atoms with van der Waals surface area (Å²) in [5.74, 6) is 0.857. The van der Waals surface area contributed by atoms with Crippen LogP contribution in [-0.4, -0.2) is 26.8 Å². The summed E-state index contributed by atoms with van der Waals surface area (Å²) in [4.78, 5) is 32.9. The normalized spacial score (nSPS) is 11.1. The van der Waals surface area contributed by atoms with Crippen molar-refractivity contribution in [1.29, 1.82) is 0 Å². The number of carbonyl (C=O) groups is 1. The third kappa shape index (κ3) is 3.30. The summed E-state index contributed by atoms with van der Waals surface area (Å²) >= 11 is 2.65. The van der Waals surface area contributed by atoms with Crippen molar-refractivity contribution in [1.82, 2.24) is 15.1 Å². The van der Waals surface area contributed by atoms with Crippen LogP contribution in [0.5, 0.6) is 0 Å². The van der Waals surface area contributed by atoms with E-state index in [9.17, 15) is 9.59 Å². The van der Waals surface area contributed by atoms with Crippen LogP contribution in [0.3, 0.4) is 0 Å². The zero-order valence-electron chi connectivity index (χ0n) is 12.7. The first kappa shape index (κ1) is 15.8. The van der Waals surface area contributed by atoms with E-state index in [1.165, 1.54) is 23.1 Å². The number of thioether (sulfide) groups is 1. The Kier molecular flexibility index (Phi) is 4.22. The lowest BCUT2D eigenvalue weighted by Gasteiger charge is -2.01. The van der Waals surface area contributed by atoms with Gasteiger partial charge in [0.2, 0.25) is 5.91 Å². The highest BCUT2D eigenvalue weighted by atomic mass is 32.2. The third-order valence-corrected chi connectivity index (χ3v) is 5.23. The van der Waals surface area contributed by atoms with E-state index in [1.807, 2.05) is 13.8 Å². The van der Waals surface area contributed by atoms with Crippen LogP contribution in [0.1, 0.15) is 16.2 Å². The molecule has 3 aromatic rings. The van der Waals surface area contributed by atoms with Gasteiger partial charge < -0.3 is 14.8 Å². The fourth-order valence-electron chi connectivity index (χ4n) is 2.04. The van der Waals surface area contributed by atoms with Crippen molar-refractivity contribution in [2.45, 2.75) is 25.9 Å². The molecule has 120 valence electrons. The number of amides is 1. The first-order valence-electron chi connectivity index (χ1n) is 6.80. The number of hydrogen-bond acceptors (Lipinski definition) is 7. The van der Waals surface area contributed by atoms with E-state index in [1.54, 1.807) is 13.0 Å². The molecule has 1 amide bonds. The van der Waals surface area contributed by atoms with Gasteiger partial charge in [-0.2, -0.15) is 0 Å². The van der Waals surface area contributed by atoms with Crippen molar-refractivity contribution in [2.75, 3.05) is 11.1 Å². The van der Waals surface area contributed by atoms with E-state index in [0.29, 0.717) is 27.0 Å². The number of H-pyrrole nitrogens is 1. The van der Waals surface area contributed by atoms with Crippen molar-refractivity contribution in [3.05, 3.63) is 32.6 Å². The molecular formula is C14H14N4O3S2. The van der Waals surface area contributed by atoms with E-state index in [4.69, 9.17) is 4.52 Å². The van der Waals surface area contributed by atoms with Crippen molar-refractivity contribution in [3.8, 4) is 0 Å². The zero-order valence-corrected chi connectivity index (χ0v) is 14.4. The van der Waals surface area contributed by atoms with Gasteiger partial charge in [-0.15, -0.1) is 11.3 Å². The van der Waals surface area contributed by atoms with Crippen molar-refractivity contribution < 1.29 is 9.32 Å².